The smallest absolute Gasteiger partial charge is 0.275 e. The molecule has 2 aromatic carbocycles. The first kappa shape index (κ1) is 25.3. The molecule has 0 unspecified atom stereocenters. The lowest BCUT2D eigenvalue weighted by Crippen LogP contribution is -2.38. The number of piperidine rings is 1. The molecule has 188 valence electrons. The Bertz CT molecular complexity index is 1250. The molecule has 0 spiro atoms. The van der Waals surface area contributed by atoms with Gasteiger partial charge in [0.2, 0.25) is 11.8 Å². The van der Waals surface area contributed by atoms with E-state index in [0.717, 1.165) is 17.8 Å². The van der Waals surface area contributed by atoms with Crippen molar-refractivity contribution in [3.05, 3.63) is 64.4 Å². The Kier molecular flexibility index (Phi) is 7.94. The molecular weight excluding hydrogens is 483 g/mol. The minimum atomic E-state index is -0.439. The van der Waals surface area contributed by atoms with Gasteiger partial charge in [0.25, 0.3) is 5.91 Å². The summed E-state index contributed by atoms with van der Waals surface area (Å²) in [5, 5.41) is 17.4. The average Bonchev–Trinajstić information content (AvgIpc) is 3.39. The second kappa shape index (κ2) is 11.3. The molecular formula is C26H27FN4O4S. The zero-order chi connectivity index (χ0) is 25.7. The van der Waals surface area contributed by atoms with Crippen molar-refractivity contribution >= 4 is 34.7 Å². The molecule has 0 bridgehead atoms. The summed E-state index contributed by atoms with van der Waals surface area (Å²) in [5.74, 6) is -0.771. The number of phenols is 1. The number of nitrogens with zero attached hydrogens (tertiary/aromatic N) is 2. The van der Waals surface area contributed by atoms with E-state index >= 15 is 0 Å². The van der Waals surface area contributed by atoms with Gasteiger partial charge in [-0.25, -0.2) is 9.37 Å². The summed E-state index contributed by atoms with van der Waals surface area (Å²) >= 11 is 1.41. The predicted molar refractivity (Wildman–Crippen MR) is 135 cm³/mol. The first-order valence-corrected chi connectivity index (χ1v) is 12.6. The first-order valence-electron chi connectivity index (χ1n) is 11.7. The molecule has 0 radical (unpaired) electrons. The minimum absolute atomic E-state index is 0.0278. The number of carbonyl (C=O) groups excluding carboxylic acids is 3. The van der Waals surface area contributed by atoms with Crippen LogP contribution in [0.4, 0.5) is 10.1 Å². The number of thiazole rings is 1. The highest BCUT2D eigenvalue weighted by molar-refractivity contribution is 7.10. The van der Waals surface area contributed by atoms with E-state index in [-0.39, 0.29) is 42.0 Å². The van der Waals surface area contributed by atoms with Crippen LogP contribution >= 0.6 is 11.3 Å². The van der Waals surface area contributed by atoms with E-state index in [0.29, 0.717) is 29.9 Å². The Balaban J connectivity index is 1.38. The summed E-state index contributed by atoms with van der Waals surface area (Å²) in [6.07, 6.45) is 1.86. The van der Waals surface area contributed by atoms with E-state index in [1.807, 2.05) is 0 Å². The van der Waals surface area contributed by atoms with E-state index in [9.17, 15) is 23.9 Å². The first-order chi connectivity index (χ1) is 17.3. The Morgan fingerprint density at radius 3 is 2.53 bits per heavy atom. The van der Waals surface area contributed by atoms with E-state index in [2.05, 4.69) is 15.6 Å². The molecule has 1 aliphatic rings. The molecule has 3 aromatic rings. The van der Waals surface area contributed by atoms with Crippen LogP contribution in [0.1, 0.15) is 47.1 Å². The Hall–Kier alpha value is -3.79. The van der Waals surface area contributed by atoms with Gasteiger partial charge in [0.15, 0.2) is 0 Å². The van der Waals surface area contributed by atoms with E-state index in [4.69, 9.17) is 0 Å². The molecule has 1 aromatic heterocycles. The van der Waals surface area contributed by atoms with Gasteiger partial charge in [-0.05, 0) is 48.7 Å². The van der Waals surface area contributed by atoms with Gasteiger partial charge in [-0.2, -0.15) is 0 Å². The maximum absolute atomic E-state index is 13.9. The molecule has 0 saturated carbocycles. The number of aromatic nitrogens is 1. The van der Waals surface area contributed by atoms with Crippen LogP contribution in [0.25, 0.3) is 11.1 Å². The van der Waals surface area contributed by atoms with E-state index in [1.54, 1.807) is 29.5 Å². The number of nitrogens with one attached hydrogen (secondary N) is 2. The number of hydrogen-bond acceptors (Lipinski definition) is 6. The standard InChI is InChI=1S/C26H27FN4O4S/c1-28-23(33)8-9-24(34)31-12-10-17(11-13-31)26-30-22(15-36-26)25(35)29-21-7-4-18(27)14-20(21)16-2-5-19(32)6-3-16/h2-7,14-15,17,32H,8-13H2,1H3,(H,28,33)(H,29,35). The molecule has 0 atom stereocenters. The molecule has 1 saturated heterocycles. The number of carbonyl (C=O) groups is 3. The Labute approximate surface area is 212 Å². The molecule has 10 heteroatoms. The number of phenolic OH excluding ortho intramolecular Hbond substituents is 1. The van der Waals surface area contributed by atoms with Crippen LogP contribution in [0.3, 0.4) is 0 Å². The number of halogens is 1. The van der Waals surface area contributed by atoms with Crippen molar-refractivity contribution in [2.75, 3.05) is 25.5 Å². The molecule has 3 amide bonds. The normalized spacial score (nSPS) is 13.9. The fraction of sp³-hybridized carbons (Fsp3) is 0.308. The second-order valence-electron chi connectivity index (χ2n) is 8.59. The summed E-state index contributed by atoms with van der Waals surface area (Å²) in [7, 11) is 1.55. The van der Waals surface area contributed by atoms with Gasteiger partial charge in [0, 0.05) is 55.5 Å². The van der Waals surface area contributed by atoms with Crippen molar-refractivity contribution in [3.63, 3.8) is 0 Å². The highest BCUT2D eigenvalue weighted by atomic mass is 32.1. The maximum atomic E-state index is 13.9. The SMILES string of the molecule is CNC(=O)CCC(=O)N1CCC(c2nc(C(=O)Nc3ccc(F)cc3-c3ccc(O)cc3)cs2)CC1. The predicted octanol–water partition coefficient (Wildman–Crippen LogP) is 4.14. The number of benzene rings is 2. The van der Waals surface area contributed by atoms with Crippen molar-refractivity contribution in [2.45, 2.75) is 31.6 Å². The van der Waals surface area contributed by atoms with Gasteiger partial charge in [-0.1, -0.05) is 12.1 Å². The molecule has 2 heterocycles. The summed E-state index contributed by atoms with van der Waals surface area (Å²) in [4.78, 5) is 43.0. The van der Waals surface area contributed by atoms with E-state index in [1.165, 1.54) is 41.7 Å². The lowest BCUT2D eigenvalue weighted by atomic mass is 9.97. The van der Waals surface area contributed by atoms with Crippen molar-refractivity contribution in [1.82, 2.24) is 15.2 Å². The van der Waals surface area contributed by atoms with Crippen LogP contribution in [0.5, 0.6) is 5.75 Å². The third-order valence-electron chi connectivity index (χ3n) is 6.20. The molecule has 0 aliphatic carbocycles. The van der Waals surface area contributed by atoms with Gasteiger partial charge in [0.05, 0.1) is 5.01 Å². The second-order valence-corrected chi connectivity index (χ2v) is 9.48. The number of amides is 3. The van der Waals surface area contributed by atoms with Crippen molar-refractivity contribution in [3.8, 4) is 16.9 Å². The zero-order valence-electron chi connectivity index (χ0n) is 19.8. The van der Waals surface area contributed by atoms with Crippen molar-refractivity contribution in [2.24, 2.45) is 0 Å². The molecule has 1 fully saturated rings. The molecule has 1 aliphatic heterocycles. The number of rotatable bonds is 7. The fourth-order valence-electron chi connectivity index (χ4n) is 4.15. The molecule has 36 heavy (non-hydrogen) atoms. The Morgan fingerprint density at radius 1 is 1.11 bits per heavy atom. The van der Waals surface area contributed by atoms with Crippen molar-refractivity contribution < 1.29 is 23.9 Å². The van der Waals surface area contributed by atoms with Gasteiger partial charge in [-0.3, -0.25) is 14.4 Å². The largest absolute Gasteiger partial charge is 0.508 e. The lowest BCUT2D eigenvalue weighted by molar-refractivity contribution is -0.134. The van der Waals surface area contributed by atoms with Gasteiger partial charge in [0.1, 0.15) is 17.3 Å². The number of hydrogen-bond donors (Lipinski definition) is 3. The van der Waals surface area contributed by atoms with E-state index < -0.39 is 11.7 Å². The van der Waals surface area contributed by atoms with Crippen LogP contribution < -0.4 is 10.6 Å². The minimum Gasteiger partial charge on any atom is -0.508 e. The summed E-state index contributed by atoms with van der Waals surface area (Å²) < 4.78 is 13.9. The number of likely N-dealkylation sites (tertiary alicyclic amines) is 1. The zero-order valence-corrected chi connectivity index (χ0v) is 20.6. The number of aromatic hydroxyl groups is 1. The van der Waals surface area contributed by atoms with Crippen LogP contribution in [0.2, 0.25) is 0 Å². The topological polar surface area (TPSA) is 112 Å². The fourth-order valence-corrected chi connectivity index (χ4v) is 5.12. The number of anilines is 1. The third kappa shape index (κ3) is 6.06. The Morgan fingerprint density at radius 2 is 1.83 bits per heavy atom. The van der Waals surface area contributed by atoms with Crippen LogP contribution in [0, 0.1) is 5.82 Å². The summed E-state index contributed by atoms with van der Waals surface area (Å²) in [5.41, 5.74) is 1.86. The maximum Gasteiger partial charge on any atom is 0.275 e. The average molecular weight is 511 g/mol. The highest BCUT2D eigenvalue weighted by Crippen LogP contribution is 2.32. The summed E-state index contributed by atoms with van der Waals surface area (Å²) in [6.45, 7) is 1.17. The third-order valence-corrected chi connectivity index (χ3v) is 7.21. The quantitative estimate of drug-likeness (QED) is 0.442. The van der Waals surface area contributed by atoms with Crippen LogP contribution in [-0.4, -0.2) is 52.8 Å². The summed E-state index contributed by atoms with van der Waals surface area (Å²) in [6, 6.07) is 10.4. The highest BCUT2D eigenvalue weighted by Gasteiger charge is 2.26. The van der Waals surface area contributed by atoms with Gasteiger partial charge < -0.3 is 20.6 Å². The lowest BCUT2D eigenvalue weighted by Gasteiger charge is -2.31. The van der Waals surface area contributed by atoms with Crippen LogP contribution in [0.15, 0.2) is 47.8 Å². The van der Waals surface area contributed by atoms with Gasteiger partial charge >= 0.3 is 0 Å². The monoisotopic (exact) mass is 510 g/mol. The molecule has 3 N–H and O–H groups in total. The molecule has 8 nitrogen and oxygen atoms in total. The van der Waals surface area contributed by atoms with Crippen molar-refractivity contribution in [1.29, 1.82) is 0 Å². The van der Waals surface area contributed by atoms with Crippen LogP contribution in [-0.2, 0) is 9.59 Å². The van der Waals surface area contributed by atoms with Gasteiger partial charge in [-0.15, -0.1) is 11.3 Å². The molecule has 4 rings (SSSR count).